The summed E-state index contributed by atoms with van der Waals surface area (Å²) in [5.41, 5.74) is 9.02. The monoisotopic (exact) mass is 259 g/mol. The van der Waals surface area contributed by atoms with E-state index in [4.69, 9.17) is 5.73 Å². The van der Waals surface area contributed by atoms with E-state index in [0.717, 1.165) is 17.0 Å². The van der Waals surface area contributed by atoms with Crippen molar-refractivity contribution >= 4 is 17.4 Å². The van der Waals surface area contributed by atoms with Crippen molar-refractivity contribution in [3.63, 3.8) is 0 Å². The first-order chi connectivity index (χ1) is 8.97. The van der Waals surface area contributed by atoms with E-state index >= 15 is 0 Å². The Kier molecular flexibility index (Phi) is 3.50. The van der Waals surface area contributed by atoms with E-state index in [1.54, 1.807) is 10.9 Å². The van der Waals surface area contributed by atoms with E-state index < -0.39 is 0 Å². The van der Waals surface area contributed by atoms with Crippen molar-refractivity contribution in [1.29, 1.82) is 0 Å². The summed E-state index contributed by atoms with van der Waals surface area (Å²) in [6.45, 7) is 5.73. The fraction of sp³-hybridized carbons (Fsp3) is 0.308. The van der Waals surface area contributed by atoms with Crippen LogP contribution >= 0.6 is 0 Å². The highest BCUT2D eigenvalue weighted by molar-refractivity contribution is 5.89. The number of nitrogen functional groups attached to an aromatic ring is 1. The van der Waals surface area contributed by atoms with E-state index in [1.807, 2.05) is 32.9 Å². The normalized spacial score (nSPS) is 10.5. The molecule has 0 spiro atoms. The summed E-state index contributed by atoms with van der Waals surface area (Å²) < 4.78 is 1.59. The summed E-state index contributed by atoms with van der Waals surface area (Å²) in [5, 5.41) is 6.95. The molecule has 0 aliphatic heterocycles. The first-order valence-corrected chi connectivity index (χ1v) is 5.99. The Morgan fingerprint density at radius 2 is 2.16 bits per heavy atom. The number of nitrogens with zero attached hydrogens (tertiary/aromatic N) is 3. The Bertz CT molecular complexity index is 617. The number of carbonyl (C=O) groups is 1. The van der Waals surface area contributed by atoms with Crippen LogP contribution in [0.3, 0.4) is 0 Å². The average Bonchev–Trinajstić information content (AvgIpc) is 2.57. The van der Waals surface area contributed by atoms with Gasteiger partial charge in [-0.15, -0.1) is 0 Å². The SMILES string of the molecule is Cc1ccnc(NC(=O)Cn2nc(C)c(N)c2C)c1. The van der Waals surface area contributed by atoms with Crippen LogP contribution in [0.2, 0.25) is 0 Å². The lowest BCUT2D eigenvalue weighted by molar-refractivity contribution is -0.117. The molecule has 19 heavy (non-hydrogen) atoms. The van der Waals surface area contributed by atoms with Gasteiger partial charge in [0.1, 0.15) is 12.4 Å². The van der Waals surface area contributed by atoms with Gasteiger partial charge >= 0.3 is 0 Å². The third kappa shape index (κ3) is 2.90. The van der Waals surface area contributed by atoms with Crippen LogP contribution in [-0.4, -0.2) is 20.7 Å². The molecule has 1 amide bonds. The van der Waals surface area contributed by atoms with Gasteiger partial charge in [0.25, 0.3) is 0 Å². The van der Waals surface area contributed by atoms with Crippen molar-refractivity contribution in [2.24, 2.45) is 0 Å². The minimum absolute atomic E-state index is 0.124. The molecular formula is C13H17N5O. The van der Waals surface area contributed by atoms with Crippen LogP contribution in [-0.2, 0) is 11.3 Å². The molecule has 2 aromatic rings. The topological polar surface area (TPSA) is 85.8 Å². The van der Waals surface area contributed by atoms with Gasteiger partial charge in [-0.3, -0.25) is 9.48 Å². The summed E-state index contributed by atoms with van der Waals surface area (Å²) in [7, 11) is 0. The van der Waals surface area contributed by atoms with Crippen molar-refractivity contribution in [3.05, 3.63) is 35.3 Å². The van der Waals surface area contributed by atoms with Crippen LogP contribution in [0.15, 0.2) is 18.3 Å². The standard InChI is InChI=1S/C13H17N5O/c1-8-4-5-15-11(6-8)16-12(19)7-18-10(3)13(14)9(2)17-18/h4-6H,7,14H2,1-3H3,(H,15,16,19). The molecule has 0 saturated heterocycles. The summed E-state index contributed by atoms with van der Waals surface area (Å²) in [4.78, 5) is 16.0. The van der Waals surface area contributed by atoms with E-state index in [9.17, 15) is 4.79 Å². The second-order valence-electron chi connectivity index (χ2n) is 4.51. The number of aromatic nitrogens is 3. The zero-order chi connectivity index (χ0) is 14.0. The number of carbonyl (C=O) groups excluding carboxylic acids is 1. The molecule has 0 atom stereocenters. The number of aryl methyl sites for hydroxylation is 2. The maximum absolute atomic E-state index is 11.9. The third-order valence-electron chi connectivity index (χ3n) is 2.91. The lowest BCUT2D eigenvalue weighted by Crippen LogP contribution is -2.21. The molecule has 0 aromatic carbocycles. The van der Waals surface area contributed by atoms with Crippen LogP contribution in [0.5, 0.6) is 0 Å². The summed E-state index contributed by atoms with van der Waals surface area (Å²) >= 11 is 0. The molecule has 6 nitrogen and oxygen atoms in total. The molecule has 2 heterocycles. The molecule has 0 bridgehead atoms. The minimum Gasteiger partial charge on any atom is -0.396 e. The highest BCUT2D eigenvalue weighted by atomic mass is 16.2. The average molecular weight is 259 g/mol. The quantitative estimate of drug-likeness (QED) is 0.873. The van der Waals surface area contributed by atoms with Gasteiger partial charge < -0.3 is 11.1 Å². The predicted octanol–water partition coefficient (Wildman–Crippen LogP) is 1.42. The van der Waals surface area contributed by atoms with Gasteiger partial charge in [-0.1, -0.05) is 0 Å². The highest BCUT2D eigenvalue weighted by Crippen LogP contribution is 2.14. The van der Waals surface area contributed by atoms with Crippen molar-refractivity contribution < 1.29 is 4.79 Å². The van der Waals surface area contributed by atoms with Crippen molar-refractivity contribution in [2.45, 2.75) is 27.3 Å². The molecule has 0 aliphatic rings. The van der Waals surface area contributed by atoms with E-state index in [-0.39, 0.29) is 12.5 Å². The number of pyridine rings is 1. The number of hydrogen-bond acceptors (Lipinski definition) is 4. The molecule has 0 radical (unpaired) electrons. The van der Waals surface area contributed by atoms with Crippen LogP contribution in [0.4, 0.5) is 11.5 Å². The maximum Gasteiger partial charge on any atom is 0.247 e. The number of nitrogens with one attached hydrogen (secondary N) is 1. The van der Waals surface area contributed by atoms with Crippen LogP contribution < -0.4 is 11.1 Å². The number of nitrogens with two attached hydrogens (primary N) is 1. The second-order valence-corrected chi connectivity index (χ2v) is 4.51. The van der Waals surface area contributed by atoms with Crippen LogP contribution in [0.25, 0.3) is 0 Å². The van der Waals surface area contributed by atoms with E-state index in [2.05, 4.69) is 15.4 Å². The van der Waals surface area contributed by atoms with Gasteiger partial charge in [0.15, 0.2) is 0 Å². The lowest BCUT2D eigenvalue weighted by atomic mass is 10.3. The Balaban J connectivity index is 2.07. The molecule has 2 aromatic heterocycles. The number of rotatable bonds is 3. The molecule has 0 unspecified atom stereocenters. The lowest BCUT2D eigenvalue weighted by Gasteiger charge is -2.06. The van der Waals surface area contributed by atoms with Gasteiger partial charge in [-0.2, -0.15) is 5.10 Å². The summed E-state index contributed by atoms with van der Waals surface area (Å²) in [6, 6.07) is 3.69. The Labute approximate surface area is 111 Å². The Morgan fingerprint density at radius 3 is 2.74 bits per heavy atom. The molecule has 0 saturated carbocycles. The fourth-order valence-corrected chi connectivity index (χ4v) is 1.79. The molecule has 0 aliphatic carbocycles. The molecule has 0 fully saturated rings. The van der Waals surface area contributed by atoms with Crippen molar-refractivity contribution in [1.82, 2.24) is 14.8 Å². The number of amides is 1. The van der Waals surface area contributed by atoms with Gasteiger partial charge in [-0.05, 0) is 38.5 Å². The molecular weight excluding hydrogens is 242 g/mol. The maximum atomic E-state index is 11.9. The number of anilines is 2. The third-order valence-corrected chi connectivity index (χ3v) is 2.91. The Hall–Kier alpha value is -2.37. The summed E-state index contributed by atoms with van der Waals surface area (Å²) in [5.74, 6) is 0.364. The fourth-order valence-electron chi connectivity index (χ4n) is 1.79. The Morgan fingerprint density at radius 1 is 1.42 bits per heavy atom. The van der Waals surface area contributed by atoms with Crippen molar-refractivity contribution in [2.75, 3.05) is 11.1 Å². The van der Waals surface area contributed by atoms with Crippen LogP contribution in [0.1, 0.15) is 17.0 Å². The van der Waals surface area contributed by atoms with Crippen molar-refractivity contribution in [3.8, 4) is 0 Å². The zero-order valence-electron chi connectivity index (χ0n) is 11.3. The number of hydrogen-bond donors (Lipinski definition) is 2. The molecule has 100 valence electrons. The van der Waals surface area contributed by atoms with Gasteiger partial charge in [0.2, 0.25) is 5.91 Å². The molecule has 2 rings (SSSR count). The smallest absolute Gasteiger partial charge is 0.247 e. The molecule has 6 heteroatoms. The first-order valence-electron chi connectivity index (χ1n) is 5.99. The predicted molar refractivity (Wildman–Crippen MR) is 73.7 cm³/mol. The van der Waals surface area contributed by atoms with E-state index in [1.165, 1.54) is 0 Å². The summed E-state index contributed by atoms with van der Waals surface area (Å²) in [6.07, 6.45) is 1.66. The minimum atomic E-state index is -0.177. The first kappa shape index (κ1) is 13.1. The second kappa shape index (κ2) is 5.09. The van der Waals surface area contributed by atoms with Gasteiger partial charge in [0.05, 0.1) is 17.1 Å². The van der Waals surface area contributed by atoms with Gasteiger partial charge in [0, 0.05) is 6.20 Å². The van der Waals surface area contributed by atoms with Crippen LogP contribution in [0, 0.1) is 20.8 Å². The molecule has 3 N–H and O–H groups in total. The zero-order valence-corrected chi connectivity index (χ0v) is 11.3. The highest BCUT2D eigenvalue weighted by Gasteiger charge is 2.11. The van der Waals surface area contributed by atoms with E-state index in [0.29, 0.717) is 11.5 Å². The van der Waals surface area contributed by atoms with Gasteiger partial charge in [-0.25, -0.2) is 4.98 Å². The largest absolute Gasteiger partial charge is 0.396 e.